The van der Waals surface area contributed by atoms with E-state index in [4.69, 9.17) is 16.6 Å². The molecule has 1 amide bonds. The standard InChI is InChI=1S/C21H21ClN2O3/c1-3-13(2)18-21(27)24(12-17(25)26)20-15(10-7-11-16(20)22)19(23-18)14-8-5-4-6-9-14/h4-11,13,18H,3,12H2,1-2H3,(H,25,26)/t13-,18?/m0/s1. The fraction of sp³-hybridized carbons (Fsp3) is 0.286. The van der Waals surface area contributed by atoms with Gasteiger partial charge in [-0.1, -0.05) is 74.3 Å². The van der Waals surface area contributed by atoms with Gasteiger partial charge in [0.25, 0.3) is 5.91 Å². The molecule has 2 aromatic carbocycles. The van der Waals surface area contributed by atoms with Gasteiger partial charge in [-0.25, -0.2) is 0 Å². The molecule has 0 aliphatic carbocycles. The monoisotopic (exact) mass is 384 g/mol. The molecule has 1 aliphatic rings. The van der Waals surface area contributed by atoms with Crippen LogP contribution in [0.1, 0.15) is 31.4 Å². The number of fused-ring (bicyclic) bond motifs is 1. The first-order valence-corrected chi connectivity index (χ1v) is 9.27. The topological polar surface area (TPSA) is 70.0 Å². The van der Waals surface area contributed by atoms with Crippen molar-refractivity contribution in [1.29, 1.82) is 0 Å². The van der Waals surface area contributed by atoms with E-state index in [9.17, 15) is 14.7 Å². The average molecular weight is 385 g/mol. The van der Waals surface area contributed by atoms with Crippen molar-refractivity contribution in [3.05, 3.63) is 64.7 Å². The molecule has 2 aromatic rings. The maximum atomic E-state index is 13.3. The van der Waals surface area contributed by atoms with Gasteiger partial charge in [-0.2, -0.15) is 0 Å². The van der Waals surface area contributed by atoms with Gasteiger partial charge in [-0.05, 0) is 12.0 Å². The molecule has 0 aromatic heterocycles. The number of hydrogen-bond acceptors (Lipinski definition) is 3. The molecule has 0 radical (unpaired) electrons. The molecule has 3 rings (SSSR count). The summed E-state index contributed by atoms with van der Waals surface area (Å²) in [5.41, 5.74) is 2.58. The van der Waals surface area contributed by atoms with Crippen LogP contribution in [0.2, 0.25) is 5.02 Å². The number of aliphatic carboxylic acids is 1. The summed E-state index contributed by atoms with van der Waals surface area (Å²) in [6.07, 6.45) is 0.743. The van der Waals surface area contributed by atoms with Crippen LogP contribution in [0, 0.1) is 5.92 Å². The number of carbonyl (C=O) groups is 2. The van der Waals surface area contributed by atoms with Gasteiger partial charge < -0.3 is 5.11 Å². The van der Waals surface area contributed by atoms with Gasteiger partial charge in [0.05, 0.1) is 16.4 Å². The van der Waals surface area contributed by atoms with E-state index in [1.807, 2.05) is 50.2 Å². The zero-order valence-corrected chi connectivity index (χ0v) is 16.0. The highest BCUT2D eigenvalue weighted by Gasteiger charge is 2.36. The number of carboxylic acid groups (broad SMARTS) is 1. The van der Waals surface area contributed by atoms with Crippen LogP contribution >= 0.6 is 11.6 Å². The van der Waals surface area contributed by atoms with Gasteiger partial charge in [0.1, 0.15) is 12.6 Å². The average Bonchev–Trinajstić information content (AvgIpc) is 2.78. The molecule has 6 heteroatoms. The maximum Gasteiger partial charge on any atom is 0.323 e. The third-order valence-corrected chi connectivity index (χ3v) is 5.13. The molecule has 27 heavy (non-hydrogen) atoms. The van der Waals surface area contributed by atoms with Gasteiger partial charge >= 0.3 is 5.97 Å². The molecule has 0 spiro atoms. The lowest BCUT2D eigenvalue weighted by molar-refractivity contribution is -0.136. The third-order valence-electron chi connectivity index (χ3n) is 4.82. The summed E-state index contributed by atoms with van der Waals surface area (Å²) < 4.78 is 0. The smallest absolute Gasteiger partial charge is 0.323 e. The number of aliphatic imine (C=N–C) groups is 1. The molecular formula is C21H21ClN2O3. The number of benzene rings is 2. The van der Waals surface area contributed by atoms with E-state index in [0.29, 0.717) is 22.0 Å². The minimum atomic E-state index is -1.10. The van der Waals surface area contributed by atoms with E-state index >= 15 is 0 Å². The summed E-state index contributed by atoms with van der Waals surface area (Å²) in [7, 11) is 0. The first kappa shape index (κ1) is 19.1. The Morgan fingerprint density at radius 1 is 1.22 bits per heavy atom. The maximum absolute atomic E-state index is 13.3. The van der Waals surface area contributed by atoms with Gasteiger partial charge in [0, 0.05) is 11.1 Å². The van der Waals surface area contributed by atoms with Gasteiger partial charge in [-0.15, -0.1) is 0 Å². The Hall–Kier alpha value is -2.66. The van der Waals surface area contributed by atoms with E-state index in [1.165, 1.54) is 4.90 Å². The number of anilines is 1. The lowest BCUT2D eigenvalue weighted by Crippen LogP contribution is -2.43. The second kappa shape index (κ2) is 7.92. The van der Waals surface area contributed by atoms with E-state index in [-0.39, 0.29) is 11.8 Å². The van der Waals surface area contributed by atoms with Crippen LogP contribution in [0.3, 0.4) is 0 Å². The number of carbonyl (C=O) groups excluding carboxylic acids is 1. The number of rotatable bonds is 5. The minimum Gasteiger partial charge on any atom is -0.480 e. The largest absolute Gasteiger partial charge is 0.480 e. The Morgan fingerprint density at radius 3 is 2.56 bits per heavy atom. The zero-order chi connectivity index (χ0) is 19.6. The highest BCUT2D eigenvalue weighted by atomic mass is 35.5. The van der Waals surface area contributed by atoms with Gasteiger partial charge in [0.2, 0.25) is 0 Å². The van der Waals surface area contributed by atoms with Crippen molar-refractivity contribution in [3.8, 4) is 0 Å². The summed E-state index contributed by atoms with van der Waals surface area (Å²) >= 11 is 6.43. The lowest BCUT2D eigenvalue weighted by atomic mass is 9.98. The quantitative estimate of drug-likeness (QED) is 0.846. The van der Waals surface area contributed by atoms with Crippen LogP contribution in [-0.2, 0) is 9.59 Å². The summed E-state index contributed by atoms with van der Waals surface area (Å²) in [5, 5.41) is 9.71. The molecule has 0 fully saturated rings. The Labute approximate surface area is 163 Å². The molecule has 1 heterocycles. The first-order chi connectivity index (χ1) is 12.9. The molecular weight excluding hydrogens is 364 g/mol. The number of carboxylic acids is 1. The second-order valence-corrected chi connectivity index (χ2v) is 7.04. The third kappa shape index (κ3) is 3.74. The van der Waals surface area contributed by atoms with Crippen LogP contribution in [0.15, 0.2) is 53.5 Å². The van der Waals surface area contributed by atoms with Crippen LogP contribution in [0.25, 0.3) is 0 Å². The molecule has 2 atom stereocenters. The summed E-state index contributed by atoms with van der Waals surface area (Å²) in [4.78, 5) is 30.8. The Bertz CT molecular complexity index is 896. The van der Waals surface area contributed by atoms with E-state index in [2.05, 4.69) is 0 Å². The lowest BCUT2D eigenvalue weighted by Gasteiger charge is -2.26. The van der Waals surface area contributed by atoms with Crippen molar-refractivity contribution < 1.29 is 14.7 Å². The number of halogens is 1. The van der Waals surface area contributed by atoms with Crippen molar-refractivity contribution >= 4 is 34.9 Å². The Morgan fingerprint density at radius 2 is 1.93 bits per heavy atom. The molecule has 5 nitrogen and oxygen atoms in total. The number of hydrogen-bond donors (Lipinski definition) is 1. The molecule has 0 bridgehead atoms. The minimum absolute atomic E-state index is 0.0411. The number of amides is 1. The van der Waals surface area contributed by atoms with Gasteiger partial charge in [0.15, 0.2) is 0 Å². The molecule has 140 valence electrons. The van der Waals surface area contributed by atoms with E-state index < -0.39 is 18.6 Å². The summed E-state index contributed by atoms with van der Waals surface area (Å²) in [6, 6.07) is 14.2. The summed E-state index contributed by atoms with van der Waals surface area (Å²) in [6.45, 7) is 3.48. The van der Waals surface area contributed by atoms with Crippen molar-refractivity contribution in [1.82, 2.24) is 0 Å². The Balaban J connectivity index is 2.29. The molecule has 1 N–H and O–H groups in total. The number of nitrogens with zero attached hydrogens (tertiary/aromatic N) is 2. The van der Waals surface area contributed by atoms with Crippen molar-refractivity contribution in [3.63, 3.8) is 0 Å². The highest BCUT2D eigenvalue weighted by Crippen LogP contribution is 2.36. The molecule has 0 saturated heterocycles. The van der Waals surface area contributed by atoms with Crippen LogP contribution in [0.4, 0.5) is 5.69 Å². The Kier molecular flexibility index (Phi) is 5.61. The van der Waals surface area contributed by atoms with E-state index in [0.717, 1.165) is 12.0 Å². The summed E-state index contributed by atoms with van der Waals surface area (Å²) in [5.74, 6) is -1.48. The first-order valence-electron chi connectivity index (χ1n) is 8.89. The molecule has 1 unspecified atom stereocenters. The zero-order valence-electron chi connectivity index (χ0n) is 15.2. The van der Waals surface area contributed by atoms with Gasteiger partial charge in [-0.3, -0.25) is 19.5 Å². The predicted molar refractivity (Wildman–Crippen MR) is 107 cm³/mol. The van der Waals surface area contributed by atoms with Crippen molar-refractivity contribution in [2.24, 2.45) is 10.9 Å². The fourth-order valence-electron chi connectivity index (χ4n) is 3.23. The highest BCUT2D eigenvalue weighted by molar-refractivity contribution is 6.36. The second-order valence-electron chi connectivity index (χ2n) is 6.63. The van der Waals surface area contributed by atoms with Crippen molar-refractivity contribution in [2.45, 2.75) is 26.3 Å². The SMILES string of the molecule is CC[C@H](C)C1N=C(c2ccccc2)c2cccc(Cl)c2N(CC(=O)O)C1=O. The van der Waals surface area contributed by atoms with Crippen molar-refractivity contribution in [2.75, 3.05) is 11.4 Å². The molecule has 1 aliphatic heterocycles. The molecule has 0 saturated carbocycles. The van der Waals surface area contributed by atoms with Crippen LogP contribution < -0.4 is 4.90 Å². The number of para-hydroxylation sites is 1. The fourth-order valence-corrected chi connectivity index (χ4v) is 3.50. The van der Waals surface area contributed by atoms with Crippen LogP contribution in [-0.4, -0.2) is 35.3 Å². The normalized spacial score (nSPS) is 17.7. The van der Waals surface area contributed by atoms with Crippen LogP contribution in [0.5, 0.6) is 0 Å². The number of benzodiazepines with no additional fused rings is 1. The predicted octanol–water partition coefficient (Wildman–Crippen LogP) is 4.02. The van der Waals surface area contributed by atoms with E-state index in [1.54, 1.807) is 12.1 Å².